The van der Waals surface area contributed by atoms with E-state index in [1.807, 2.05) is 72.8 Å². The van der Waals surface area contributed by atoms with Gasteiger partial charge in [-0.05, 0) is 79.4 Å². The summed E-state index contributed by atoms with van der Waals surface area (Å²) >= 11 is 0. The van der Waals surface area contributed by atoms with Crippen molar-refractivity contribution in [3.05, 3.63) is 97.1 Å². The van der Waals surface area contributed by atoms with Gasteiger partial charge in [0, 0.05) is 60.9 Å². The Bertz CT molecular complexity index is 1250. The lowest BCUT2D eigenvalue weighted by molar-refractivity contribution is -0.188. The van der Waals surface area contributed by atoms with Crippen LogP contribution in [0.1, 0.15) is 92.2 Å². The highest BCUT2D eigenvalue weighted by molar-refractivity contribution is 6.01. The van der Waals surface area contributed by atoms with Crippen LogP contribution in [0.25, 0.3) is 0 Å². The van der Waals surface area contributed by atoms with Crippen molar-refractivity contribution in [1.82, 2.24) is 9.80 Å². The third-order valence-electron chi connectivity index (χ3n) is 10.5. The average molecular weight is 643 g/mol. The Morgan fingerprint density at radius 2 is 0.936 bits per heavy atom. The maximum Gasteiger partial charge on any atom is 0.324 e. The fraction of sp³-hybridized carbons (Fsp3) is 0.561. The van der Waals surface area contributed by atoms with Crippen LogP contribution in [0.3, 0.4) is 0 Å². The molecule has 2 heterocycles. The zero-order valence-corrected chi connectivity index (χ0v) is 30.2. The van der Waals surface area contributed by atoms with E-state index in [-0.39, 0.29) is 47.2 Å². The van der Waals surface area contributed by atoms with Gasteiger partial charge in [0.15, 0.2) is 5.41 Å². The van der Waals surface area contributed by atoms with Crippen LogP contribution in [0.4, 0.5) is 0 Å². The molecule has 4 rings (SSSR count). The van der Waals surface area contributed by atoms with Gasteiger partial charge in [0.25, 0.3) is 0 Å². The number of hydrogen-bond acceptors (Lipinski definition) is 6. The molecule has 2 fully saturated rings. The van der Waals surface area contributed by atoms with Gasteiger partial charge in [-0.1, -0.05) is 72.8 Å². The first-order valence-corrected chi connectivity index (χ1v) is 17.2. The van der Waals surface area contributed by atoms with Crippen molar-refractivity contribution in [1.29, 1.82) is 0 Å². The largest absolute Gasteiger partial charge is 0.461 e. The summed E-state index contributed by atoms with van der Waals surface area (Å²) in [4.78, 5) is 34.6. The van der Waals surface area contributed by atoms with Crippen LogP contribution in [-0.4, -0.2) is 69.2 Å². The monoisotopic (exact) mass is 642 g/mol. The second-order valence-corrected chi connectivity index (χ2v) is 16.3. The number of carbonyl (C=O) groups is 2. The lowest BCUT2D eigenvalue weighted by atomic mass is 9.74. The molecule has 0 amide bonds. The molecule has 0 unspecified atom stereocenters. The van der Waals surface area contributed by atoms with Gasteiger partial charge in [-0.25, -0.2) is 0 Å². The lowest BCUT2D eigenvalue weighted by Gasteiger charge is -2.55. The van der Waals surface area contributed by atoms with E-state index < -0.39 is 17.4 Å². The van der Waals surface area contributed by atoms with Crippen molar-refractivity contribution in [3.8, 4) is 0 Å². The molecule has 256 valence electrons. The van der Waals surface area contributed by atoms with Crippen molar-refractivity contribution < 1.29 is 19.1 Å². The van der Waals surface area contributed by atoms with Gasteiger partial charge in [-0.2, -0.15) is 0 Å². The average Bonchev–Trinajstić information content (AvgIpc) is 2.96. The molecule has 0 N–H and O–H groups in total. The molecule has 0 bridgehead atoms. The molecule has 0 aliphatic carbocycles. The molecule has 6 heteroatoms. The number of hydrogen-bond donors (Lipinski definition) is 0. The predicted molar refractivity (Wildman–Crippen MR) is 191 cm³/mol. The molecule has 0 atom stereocenters. The molecule has 2 saturated heterocycles. The van der Waals surface area contributed by atoms with Crippen LogP contribution in [0.15, 0.2) is 86.0 Å². The number of rotatable bonds is 12. The summed E-state index contributed by atoms with van der Waals surface area (Å²) in [6, 6.07) is 19.6. The van der Waals surface area contributed by atoms with Crippen molar-refractivity contribution >= 4 is 11.9 Å². The highest BCUT2D eigenvalue weighted by Gasteiger charge is 2.54. The third-order valence-corrected chi connectivity index (χ3v) is 10.5. The minimum Gasteiger partial charge on any atom is -0.461 e. The predicted octanol–water partition coefficient (Wildman–Crippen LogP) is 7.96. The first-order valence-electron chi connectivity index (χ1n) is 17.2. The van der Waals surface area contributed by atoms with Gasteiger partial charge < -0.3 is 9.47 Å². The SMILES string of the molecule is C=CCN1C(C)(C)CC(OC(=O)C(Cc2ccccc2)(Cc2ccccc2)C(=O)OC2CC(C)(C)N(CC=C)C(C)(C)C2)CC1(C)C. The van der Waals surface area contributed by atoms with Gasteiger partial charge in [0.2, 0.25) is 0 Å². The van der Waals surface area contributed by atoms with Crippen LogP contribution in [-0.2, 0) is 31.9 Å². The number of carbonyl (C=O) groups excluding carboxylic acids is 2. The Morgan fingerprint density at radius 3 is 1.21 bits per heavy atom. The smallest absolute Gasteiger partial charge is 0.324 e. The van der Waals surface area contributed by atoms with Crippen molar-refractivity contribution in [3.63, 3.8) is 0 Å². The fourth-order valence-corrected chi connectivity index (χ4v) is 8.72. The number of piperidine rings is 2. The third kappa shape index (κ3) is 8.26. The molecular formula is C41H58N2O4. The summed E-state index contributed by atoms with van der Waals surface area (Å²) in [7, 11) is 0. The Hall–Kier alpha value is -3.22. The number of likely N-dealkylation sites (tertiary alicyclic amines) is 2. The molecular weight excluding hydrogens is 584 g/mol. The summed E-state index contributed by atoms with van der Waals surface area (Å²) in [5, 5.41) is 0. The molecule has 0 spiro atoms. The van der Waals surface area contributed by atoms with Crippen LogP contribution in [0.2, 0.25) is 0 Å². The number of esters is 2. The van der Waals surface area contributed by atoms with Gasteiger partial charge in [-0.3, -0.25) is 19.4 Å². The van der Waals surface area contributed by atoms with E-state index in [0.29, 0.717) is 25.7 Å². The minimum absolute atomic E-state index is 0.185. The highest BCUT2D eigenvalue weighted by atomic mass is 16.6. The maximum absolute atomic E-state index is 14.9. The molecule has 2 aromatic carbocycles. The zero-order valence-electron chi connectivity index (χ0n) is 30.2. The summed E-state index contributed by atoms with van der Waals surface area (Å²) in [5.41, 5.74) is -0.736. The Kier molecular flexibility index (Phi) is 11.0. The fourth-order valence-electron chi connectivity index (χ4n) is 8.72. The second-order valence-electron chi connectivity index (χ2n) is 16.3. The topological polar surface area (TPSA) is 59.1 Å². The van der Waals surface area contributed by atoms with E-state index in [9.17, 15) is 9.59 Å². The van der Waals surface area contributed by atoms with Crippen LogP contribution >= 0.6 is 0 Å². The van der Waals surface area contributed by atoms with Crippen LogP contribution in [0.5, 0.6) is 0 Å². The zero-order chi connectivity index (χ0) is 34.7. The number of benzene rings is 2. The number of nitrogens with zero attached hydrogens (tertiary/aromatic N) is 2. The van der Waals surface area contributed by atoms with E-state index in [4.69, 9.17) is 9.47 Å². The summed E-state index contributed by atoms with van der Waals surface area (Å²) in [6.45, 7) is 27.0. The van der Waals surface area contributed by atoms with E-state index >= 15 is 0 Å². The van der Waals surface area contributed by atoms with Gasteiger partial charge >= 0.3 is 11.9 Å². The molecule has 0 radical (unpaired) electrons. The maximum atomic E-state index is 14.9. The molecule has 47 heavy (non-hydrogen) atoms. The molecule has 0 saturated carbocycles. The van der Waals surface area contributed by atoms with E-state index in [1.54, 1.807) is 0 Å². The van der Waals surface area contributed by atoms with Gasteiger partial charge in [0.05, 0.1) is 0 Å². The van der Waals surface area contributed by atoms with Crippen LogP contribution < -0.4 is 0 Å². The van der Waals surface area contributed by atoms with E-state index in [2.05, 4.69) is 78.3 Å². The van der Waals surface area contributed by atoms with Gasteiger partial charge in [-0.15, -0.1) is 13.2 Å². The van der Waals surface area contributed by atoms with Crippen molar-refractivity contribution in [2.75, 3.05) is 13.1 Å². The Morgan fingerprint density at radius 1 is 0.638 bits per heavy atom. The Labute approximate surface area is 284 Å². The second kappa shape index (κ2) is 14.1. The normalized spacial score (nSPS) is 21.4. The summed E-state index contributed by atoms with van der Waals surface area (Å²) < 4.78 is 13.1. The first-order chi connectivity index (χ1) is 22.0. The highest BCUT2D eigenvalue weighted by Crippen LogP contribution is 2.43. The van der Waals surface area contributed by atoms with Crippen molar-refractivity contribution in [2.24, 2.45) is 5.41 Å². The van der Waals surface area contributed by atoms with E-state index in [0.717, 1.165) is 24.2 Å². The molecule has 2 aliphatic rings. The Balaban J connectivity index is 1.74. The molecule has 0 aromatic heterocycles. The van der Waals surface area contributed by atoms with Gasteiger partial charge in [0.1, 0.15) is 12.2 Å². The molecule has 2 aromatic rings. The van der Waals surface area contributed by atoms with Crippen LogP contribution in [0, 0.1) is 5.41 Å². The molecule has 2 aliphatic heterocycles. The molecule has 6 nitrogen and oxygen atoms in total. The first kappa shape index (κ1) is 36.6. The van der Waals surface area contributed by atoms with E-state index in [1.165, 1.54) is 0 Å². The summed E-state index contributed by atoms with van der Waals surface area (Å²) in [6.07, 6.45) is 6.14. The quantitative estimate of drug-likeness (QED) is 0.133. The van der Waals surface area contributed by atoms with Crippen molar-refractivity contribution in [2.45, 2.75) is 128 Å². The lowest BCUT2D eigenvalue weighted by Crippen LogP contribution is -2.63. The minimum atomic E-state index is -1.57. The number of ether oxygens (including phenoxy) is 2. The standard InChI is InChI=1S/C41H58N2O4/c1-11-23-42-37(3,4)27-33(28-38(42,5)6)46-35(44)41(25-31-19-15-13-16-20-31,26-32-21-17-14-18-22-32)36(45)47-34-29-39(7,8)43(24-12-2)40(9,10)30-34/h11-22,33-34H,1-2,23-30H2,3-10H3. The summed E-state index contributed by atoms with van der Waals surface area (Å²) in [5.74, 6) is -1.02.